The molecule has 2 amide bonds. The van der Waals surface area contributed by atoms with Crippen molar-refractivity contribution < 1.29 is 9.59 Å². The highest BCUT2D eigenvalue weighted by Gasteiger charge is 2.43. The molecule has 1 atom stereocenters. The van der Waals surface area contributed by atoms with Crippen molar-refractivity contribution in [1.82, 2.24) is 5.32 Å². The van der Waals surface area contributed by atoms with Gasteiger partial charge in [0, 0.05) is 0 Å². The third-order valence-corrected chi connectivity index (χ3v) is 4.01. The van der Waals surface area contributed by atoms with Crippen LogP contribution in [0.3, 0.4) is 0 Å². The van der Waals surface area contributed by atoms with Gasteiger partial charge in [0.05, 0.1) is 10.7 Å². The first-order valence-electron chi connectivity index (χ1n) is 6.44. The largest absolute Gasteiger partial charge is 0.342 e. The van der Waals surface area contributed by atoms with Crippen molar-refractivity contribution in [3.63, 3.8) is 0 Å². The van der Waals surface area contributed by atoms with E-state index in [0.29, 0.717) is 16.6 Å². The van der Waals surface area contributed by atoms with Crippen LogP contribution in [0.5, 0.6) is 0 Å². The van der Waals surface area contributed by atoms with Gasteiger partial charge in [0.25, 0.3) is 0 Å². The minimum absolute atomic E-state index is 0.0432. The van der Waals surface area contributed by atoms with E-state index in [2.05, 4.69) is 5.32 Å². The van der Waals surface area contributed by atoms with Crippen molar-refractivity contribution in [1.29, 1.82) is 0 Å². The summed E-state index contributed by atoms with van der Waals surface area (Å²) >= 11 is 6.19. The number of hydrogen-bond donors (Lipinski definition) is 1. The summed E-state index contributed by atoms with van der Waals surface area (Å²) in [5, 5.41) is 3.31. The molecule has 3 rings (SSSR count). The van der Waals surface area contributed by atoms with Gasteiger partial charge in [-0.1, -0.05) is 23.7 Å². The highest BCUT2D eigenvalue weighted by atomic mass is 35.5. The number of benzene rings is 1. The van der Waals surface area contributed by atoms with Gasteiger partial charge in [0.2, 0.25) is 11.8 Å². The van der Waals surface area contributed by atoms with E-state index in [0.717, 1.165) is 18.4 Å². The van der Waals surface area contributed by atoms with Gasteiger partial charge in [-0.05, 0) is 37.3 Å². The van der Waals surface area contributed by atoms with Crippen molar-refractivity contribution in [2.75, 3.05) is 11.4 Å². The number of anilines is 1. The molecule has 100 valence electrons. The molecular formula is C14H15ClN2O2. The zero-order valence-electron chi connectivity index (χ0n) is 10.6. The molecule has 1 unspecified atom stereocenters. The number of piperazine rings is 1. The molecule has 0 spiro atoms. The number of halogens is 1. The summed E-state index contributed by atoms with van der Waals surface area (Å²) in [6.07, 6.45) is 2.01. The number of nitrogens with zero attached hydrogens (tertiary/aromatic N) is 1. The maximum absolute atomic E-state index is 12.5. The van der Waals surface area contributed by atoms with Crippen molar-refractivity contribution in [3.05, 3.63) is 28.8 Å². The van der Waals surface area contributed by atoms with Crippen LogP contribution in [0.25, 0.3) is 0 Å². The number of amides is 2. The van der Waals surface area contributed by atoms with Gasteiger partial charge < -0.3 is 5.32 Å². The van der Waals surface area contributed by atoms with Gasteiger partial charge in [-0.25, -0.2) is 0 Å². The minimum atomic E-state index is -0.378. The molecule has 1 aromatic carbocycles. The highest BCUT2D eigenvalue weighted by Crippen LogP contribution is 2.37. The summed E-state index contributed by atoms with van der Waals surface area (Å²) in [5.74, 6) is 0.135. The summed E-state index contributed by atoms with van der Waals surface area (Å²) in [4.78, 5) is 25.8. The summed E-state index contributed by atoms with van der Waals surface area (Å²) in [5.41, 5.74) is 1.57. The first-order chi connectivity index (χ1) is 9.08. The zero-order valence-corrected chi connectivity index (χ0v) is 11.4. The Morgan fingerprint density at radius 1 is 1.32 bits per heavy atom. The van der Waals surface area contributed by atoms with Crippen molar-refractivity contribution in [2.24, 2.45) is 5.92 Å². The lowest BCUT2D eigenvalue weighted by Gasteiger charge is -2.34. The van der Waals surface area contributed by atoms with E-state index < -0.39 is 0 Å². The van der Waals surface area contributed by atoms with Crippen LogP contribution in [0.2, 0.25) is 5.02 Å². The van der Waals surface area contributed by atoms with Crippen LogP contribution >= 0.6 is 11.6 Å². The fourth-order valence-corrected chi connectivity index (χ4v) is 2.90. The van der Waals surface area contributed by atoms with Crippen LogP contribution in [0.15, 0.2) is 18.2 Å². The highest BCUT2D eigenvalue weighted by molar-refractivity contribution is 6.34. The van der Waals surface area contributed by atoms with E-state index in [4.69, 9.17) is 11.6 Å². The Morgan fingerprint density at radius 3 is 2.68 bits per heavy atom. The molecule has 2 aliphatic rings. The van der Waals surface area contributed by atoms with Crippen LogP contribution < -0.4 is 10.2 Å². The molecule has 0 bridgehead atoms. The SMILES string of the molecule is Cc1cccc(Cl)c1N1CC(=O)NC(C2CC2)C1=O. The second-order valence-corrected chi connectivity index (χ2v) is 5.62. The number of nitrogens with one attached hydrogen (secondary N) is 1. The molecule has 0 radical (unpaired) electrons. The van der Waals surface area contributed by atoms with E-state index in [1.807, 2.05) is 19.1 Å². The molecule has 1 aliphatic carbocycles. The number of para-hydroxylation sites is 1. The topological polar surface area (TPSA) is 49.4 Å². The fraction of sp³-hybridized carbons (Fsp3) is 0.429. The van der Waals surface area contributed by atoms with Gasteiger partial charge in [0.1, 0.15) is 12.6 Å². The summed E-state index contributed by atoms with van der Waals surface area (Å²) < 4.78 is 0. The Balaban J connectivity index is 1.98. The van der Waals surface area contributed by atoms with Gasteiger partial charge in [0.15, 0.2) is 0 Å². The van der Waals surface area contributed by atoms with E-state index in [-0.39, 0.29) is 24.4 Å². The molecule has 2 fully saturated rings. The normalized spacial score (nSPS) is 23.5. The molecule has 5 heteroatoms. The third-order valence-electron chi connectivity index (χ3n) is 3.70. The average Bonchev–Trinajstić information content (AvgIpc) is 3.17. The predicted octanol–water partition coefficient (Wildman–Crippen LogP) is 1.89. The maximum atomic E-state index is 12.5. The van der Waals surface area contributed by atoms with Crippen LogP contribution in [-0.2, 0) is 9.59 Å². The lowest BCUT2D eigenvalue weighted by Crippen LogP contribution is -2.59. The summed E-state index contributed by atoms with van der Waals surface area (Å²) in [6, 6.07) is 5.11. The van der Waals surface area contributed by atoms with Crippen LogP contribution in [0.1, 0.15) is 18.4 Å². The monoisotopic (exact) mass is 278 g/mol. The van der Waals surface area contributed by atoms with E-state index in [1.165, 1.54) is 4.90 Å². The van der Waals surface area contributed by atoms with Gasteiger partial charge in [-0.15, -0.1) is 0 Å². The molecule has 1 saturated heterocycles. The molecule has 1 aromatic rings. The second kappa shape index (κ2) is 4.53. The molecule has 1 N–H and O–H groups in total. The second-order valence-electron chi connectivity index (χ2n) is 5.21. The molecule has 1 heterocycles. The van der Waals surface area contributed by atoms with Gasteiger partial charge in [-0.2, -0.15) is 0 Å². The Morgan fingerprint density at radius 2 is 2.05 bits per heavy atom. The van der Waals surface area contributed by atoms with Gasteiger partial charge in [-0.3, -0.25) is 14.5 Å². The first-order valence-corrected chi connectivity index (χ1v) is 6.81. The van der Waals surface area contributed by atoms with Crippen molar-refractivity contribution >= 4 is 29.1 Å². The Hall–Kier alpha value is -1.55. The molecule has 0 aromatic heterocycles. The summed E-state index contributed by atoms with van der Waals surface area (Å²) in [7, 11) is 0. The molecular weight excluding hydrogens is 264 g/mol. The minimum Gasteiger partial charge on any atom is -0.342 e. The van der Waals surface area contributed by atoms with E-state index >= 15 is 0 Å². The molecule has 4 nitrogen and oxygen atoms in total. The average molecular weight is 279 g/mol. The first kappa shape index (κ1) is 12.5. The van der Waals surface area contributed by atoms with Crippen LogP contribution in [0.4, 0.5) is 5.69 Å². The smallest absolute Gasteiger partial charge is 0.250 e. The number of carbonyl (C=O) groups excluding carboxylic acids is 2. The van der Waals surface area contributed by atoms with E-state index in [1.54, 1.807) is 6.07 Å². The van der Waals surface area contributed by atoms with Crippen LogP contribution in [0, 0.1) is 12.8 Å². The third kappa shape index (κ3) is 2.21. The number of rotatable bonds is 2. The lowest BCUT2D eigenvalue weighted by atomic mass is 10.1. The maximum Gasteiger partial charge on any atom is 0.250 e. The fourth-order valence-electron chi connectivity index (χ4n) is 2.57. The Labute approximate surface area is 116 Å². The standard InChI is InChI=1S/C14H15ClN2O2/c1-8-3-2-4-10(15)13(8)17-7-11(18)16-12(14(17)19)9-5-6-9/h2-4,9,12H,5-7H2,1H3,(H,16,18). The number of aryl methyl sites for hydroxylation is 1. The molecule has 19 heavy (non-hydrogen) atoms. The predicted molar refractivity (Wildman–Crippen MR) is 73.2 cm³/mol. The number of hydrogen-bond acceptors (Lipinski definition) is 2. The summed E-state index contributed by atoms with van der Waals surface area (Å²) in [6.45, 7) is 1.94. The molecule has 1 saturated carbocycles. The van der Waals surface area contributed by atoms with E-state index in [9.17, 15) is 9.59 Å². The van der Waals surface area contributed by atoms with Crippen LogP contribution in [-0.4, -0.2) is 24.4 Å². The lowest BCUT2D eigenvalue weighted by molar-refractivity contribution is -0.131. The quantitative estimate of drug-likeness (QED) is 0.898. The van der Waals surface area contributed by atoms with Gasteiger partial charge >= 0.3 is 0 Å². The Kier molecular flexibility index (Phi) is 2.97. The number of carbonyl (C=O) groups is 2. The van der Waals surface area contributed by atoms with Crippen molar-refractivity contribution in [2.45, 2.75) is 25.8 Å². The Bertz CT molecular complexity index is 534. The van der Waals surface area contributed by atoms with Crippen molar-refractivity contribution in [3.8, 4) is 0 Å². The zero-order chi connectivity index (χ0) is 13.6. The molecule has 1 aliphatic heterocycles.